The van der Waals surface area contributed by atoms with E-state index < -0.39 is 0 Å². The van der Waals surface area contributed by atoms with Crippen LogP contribution in [-0.4, -0.2) is 47.5 Å². The maximum absolute atomic E-state index is 4.42. The van der Waals surface area contributed by atoms with E-state index in [1.165, 1.54) is 69.8 Å². The molecule has 1 spiro atoms. The van der Waals surface area contributed by atoms with Crippen LogP contribution in [0.5, 0.6) is 0 Å². The third-order valence-electron chi connectivity index (χ3n) is 5.49. The van der Waals surface area contributed by atoms with Crippen LogP contribution in [0.25, 0.3) is 0 Å². The molecule has 0 unspecified atom stereocenters. The zero-order valence-corrected chi connectivity index (χ0v) is 13.1. The number of rotatable bonds is 4. The first kappa shape index (κ1) is 13.2. The first-order valence-electron chi connectivity index (χ1n) is 8.14. The zero-order valence-electron chi connectivity index (χ0n) is 12.3. The average molecular weight is 291 g/mol. The van der Waals surface area contributed by atoms with Crippen molar-refractivity contribution in [1.29, 1.82) is 0 Å². The van der Waals surface area contributed by atoms with Crippen LogP contribution in [0.2, 0.25) is 0 Å². The summed E-state index contributed by atoms with van der Waals surface area (Å²) in [5.74, 6) is 1.05. The topological polar surface area (TPSA) is 19.4 Å². The summed E-state index contributed by atoms with van der Waals surface area (Å²) in [6, 6.07) is 0. The molecule has 1 saturated carbocycles. The Hall–Kier alpha value is -0.450. The largest absolute Gasteiger partial charge is 0.302 e. The van der Waals surface area contributed by atoms with Crippen molar-refractivity contribution in [1.82, 2.24) is 14.8 Å². The summed E-state index contributed by atoms with van der Waals surface area (Å²) in [4.78, 5) is 9.78. The Kier molecular flexibility index (Phi) is 3.57. The monoisotopic (exact) mass is 291 g/mol. The lowest BCUT2D eigenvalue weighted by Crippen LogP contribution is -2.41. The Morgan fingerprint density at radius 1 is 1.15 bits per heavy atom. The summed E-state index contributed by atoms with van der Waals surface area (Å²) < 4.78 is 0. The fourth-order valence-electron chi connectivity index (χ4n) is 3.97. The van der Waals surface area contributed by atoms with Crippen molar-refractivity contribution in [3.63, 3.8) is 0 Å². The standard InChI is InChI=1S/C16H25N3S/c1-2-14(1)11-19-9-5-16(13-19)3-7-18(8-4-16)12-15-17-6-10-20-15/h6,10,14H,1-5,7-9,11-13H2. The molecule has 4 rings (SSSR count). The van der Waals surface area contributed by atoms with Crippen molar-refractivity contribution in [2.24, 2.45) is 11.3 Å². The quantitative estimate of drug-likeness (QED) is 0.850. The van der Waals surface area contributed by atoms with Gasteiger partial charge in [-0.3, -0.25) is 4.90 Å². The van der Waals surface area contributed by atoms with E-state index in [2.05, 4.69) is 20.2 Å². The number of hydrogen-bond donors (Lipinski definition) is 0. The number of hydrogen-bond acceptors (Lipinski definition) is 4. The molecule has 0 aromatic carbocycles. The number of thiazole rings is 1. The highest BCUT2D eigenvalue weighted by Gasteiger charge is 2.41. The van der Waals surface area contributed by atoms with E-state index in [4.69, 9.17) is 0 Å². The average Bonchev–Trinajstić information content (AvgIpc) is 2.97. The highest BCUT2D eigenvalue weighted by molar-refractivity contribution is 7.09. The minimum Gasteiger partial charge on any atom is -0.302 e. The molecule has 1 aliphatic carbocycles. The van der Waals surface area contributed by atoms with Gasteiger partial charge in [-0.1, -0.05) is 0 Å². The van der Waals surface area contributed by atoms with Crippen LogP contribution in [0.3, 0.4) is 0 Å². The second-order valence-electron chi connectivity index (χ2n) is 7.13. The molecule has 0 atom stereocenters. The van der Waals surface area contributed by atoms with Gasteiger partial charge in [0, 0.05) is 24.7 Å². The van der Waals surface area contributed by atoms with E-state index in [1.54, 1.807) is 11.3 Å². The summed E-state index contributed by atoms with van der Waals surface area (Å²) in [6.45, 7) is 7.76. The molecule has 20 heavy (non-hydrogen) atoms. The van der Waals surface area contributed by atoms with Crippen LogP contribution in [-0.2, 0) is 6.54 Å². The van der Waals surface area contributed by atoms with Gasteiger partial charge in [-0.25, -0.2) is 4.98 Å². The van der Waals surface area contributed by atoms with Gasteiger partial charge in [0.2, 0.25) is 0 Å². The zero-order chi connectivity index (χ0) is 13.4. The van der Waals surface area contributed by atoms with Gasteiger partial charge in [-0.2, -0.15) is 0 Å². The van der Waals surface area contributed by atoms with Crippen molar-refractivity contribution in [3.8, 4) is 0 Å². The molecule has 1 aromatic heterocycles. The molecule has 3 aliphatic rings. The van der Waals surface area contributed by atoms with Gasteiger partial charge >= 0.3 is 0 Å². The van der Waals surface area contributed by atoms with Gasteiger partial charge in [0.05, 0.1) is 6.54 Å². The van der Waals surface area contributed by atoms with E-state index >= 15 is 0 Å². The Morgan fingerprint density at radius 3 is 2.55 bits per heavy atom. The van der Waals surface area contributed by atoms with Crippen LogP contribution in [0.15, 0.2) is 11.6 Å². The van der Waals surface area contributed by atoms with E-state index in [1.807, 2.05) is 6.20 Å². The molecule has 3 fully saturated rings. The van der Waals surface area contributed by atoms with E-state index in [0.717, 1.165) is 12.5 Å². The van der Waals surface area contributed by atoms with Crippen molar-refractivity contribution in [2.75, 3.05) is 32.7 Å². The van der Waals surface area contributed by atoms with Crippen molar-refractivity contribution in [2.45, 2.75) is 38.6 Å². The molecular formula is C16H25N3S. The molecule has 4 heteroatoms. The molecule has 2 saturated heterocycles. The lowest BCUT2D eigenvalue weighted by Gasteiger charge is -2.39. The fraction of sp³-hybridized carbons (Fsp3) is 0.812. The van der Waals surface area contributed by atoms with Crippen LogP contribution in [0.4, 0.5) is 0 Å². The van der Waals surface area contributed by atoms with Crippen molar-refractivity contribution < 1.29 is 0 Å². The normalized spacial score (nSPS) is 27.4. The maximum Gasteiger partial charge on any atom is 0.107 e. The minimum atomic E-state index is 0.661. The number of likely N-dealkylation sites (tertiary alicyclic amines) is 2. The molecule has 2 aliphatic heterocycles. The second kappa shape index (κ2) is 5.39. The van der Waals surface area contributed by atoms with E-state index in [-0.39, 0.29) is 0 Å². The van der Waals surface area contributed by atoms with Crippen LogP contribution < -0.4 is 0 Å². The molecule has 1 aromatic rings. The molecule has 3 nitrogen and oxygen atoms in total. The Labute approximate surface area is 126 Å². The van der Waals surface area contributed by atoms with Gasteiger partial charge in [0.15, 0.2) is 0 Å². The maximum atomic E-state index is 4.42. The first-order valence-corrected chi connectivity index (χ1v) is 9.02. The Bertz CT molecular complexity index is 433. The summed E-state index contributed by atoms with van der Waals surface area (Å²) in [7, 11) is 0. The number of aromatic nitrogens is 1. The molecule has 110 valence electrons. The third-order valence-corrected chi connectivity index (χ3v) is 6.25. The lowest BCUT2D eigenvalue weighted by molar-refractivity contribution is 0.102. The van der Waals surface area contributed by atoms with Gasteiger partial charge in [0.1, 0.15) is 5.01 Å². The highest BCUT2D eigenvalue weighted by Crippen LogP contribution is 2.42. The van der Waals surface area contributed by atoms with Gasteiger partial charge in [-0.05, 0) is 63.1 Å². The SMILES string of the molecule is c1csc(CN2CCC3(CC2)CCN(CC2CC2)C3)n1. The van der Waals surface area contributed by atoms with Crippen molar-refractivity contribution >= 4 is 11.3 Å². The van der Waals surface area contributed by atoms with Crippen LogP contribution in [0, 0.1) is 11.3 Å². The smallest absolute Gasteiger partial charge is 0.107 e. The molecule has 0 amide bonds. The molecular weight excluding hydrogens is 266 g/mol. The first-order chi connectivity index (χ1) is 9.81. The predicted molar refractivity (Wildman–Crippen MR) is 82.8 cm³/mol. The molecule has 0 N–H and O–H groups in total. The Morgan fingerprint density at radius 2 is 1.90 bits per heavy atom. The Balaban J connectivity index is 1.28. The van der Waals surface area contributed by atoms with Crippen molar-refractivity contribution in [3.05, 3.63) is 16.6 Å². The minimum absolute atomic E-state index is 0.661. The van der Waals surface area contributed by atoms with E-state index in [9.17, 15) is 0 Å². The summed E-state index contributed by atoms with van der Waals surface area (Å²) in [5.41, 5.74) is 0.661. The fourth-order valence-corrected chi connectivity index (χ4v) is 4.62. The summed E-state index contributed by atoms with van der Waals surface area (Å²) in [5, 5.41) is 3.37. The van der Waals surface area contributed by atoms with Crippen LogP contribution in [0.1, 0.15) is 37.1 Å². The number of piperidine rings is 1. The van der Waals surface area contributed by atoms with E-state index in [0.29, 0.717) is 5.41 Å². The van der Waals surface area contributed by atoms with Crippen LogP contribution >= 0.6 is 11.3 Å². The molecule has 0 radical (unpaired) electrons. The summed E-state index contributed by atoms with van der Waals surface area (Å²) in [6.07, 6.45) is 9.16. The molecule has 0 bridgehead atoms. The summed E-state index contributed by atoms with van der Waals surface area (Å²) >= 11 is 1.79. The molecule has 3 heterocycles. The predicted octanol–water partition coefficient (Wildman–Crippen LogP) is 2.84. The van der Waals surface area contributed by atoms with Gasteiger partial charge in [-0.15, -0.1) is 11.3 Å². The third kappa shape index (κ3) is 2.92. The van der Waals surface area contributed by atoms with Gasteiger partial charge in [0.25, 0.3) is 0 Å². The second-order valence-corrected chi connectivity index (χ2v) is 8.11. The number of nitrogens with zero attached hydrogens (tertiary/aromatic N) is 3. The highest BCUT2D eigenvalue weighted by atomic mass is 32.1. The lowest BCUT2D eigenvalue weighted by atomic mass is 9.78. The van der Waals surface area contributed by atoms with Gasteiger partial charge < -0.3 is 4.90 Å².